The van der Waals surface area contributed by atoms with Crippen molar-refractivity contribution in [1.82, 2.24) is 20.2 Å². The summed E-state index contributed by atoms with van der Waals surface area (Å²) in [5.74, 6) is 0.0185. The fraction of sp³-hybridized carbons (Fsp3) is 0.222. The van der Waals surface area contributed by atoms with Gasteiger partial charge in [0.25, 0.3) is 0 Å². The lowest BCUT2D eigenvalue weighted by Crippen LogP contribution is -1.99. The first-order valence-corrected chi connectivity index (χ1v) is 4.38. The van der Waals surface area contributed by atoms with Crippen LogP contribution in [0.5, 0.6) is 0 Å². The fourth-order valence-electron chi connectivity index (χ4n) is 1.42. The molecule has 0 spiro atoms. The van der Waals surface area contributed by atoms with Gasteiger partial charge in [0.15, 0.2) is 5.82 Å². The summed E-state index contributed by atoms with van der Waals surface area (Å²) >= 11 is 0. The van der Waals surface area contributed by atoms with Gasteiger partial charge in [0.05, 0.1) is 5.56 Å². The van der Waals surface area contributed by atoms with Crippen molar-refractivity contribution in [3.63, 3.8) is 0 Å². The molecular weight excluding hydrogens is 197 g/mol. The standard InChI is InChI=1S/C9H10FN5/c1-5-3-6(11)4-7(8(5)10)9-12-13-14-15(9)2/h3-4H,11H2,1-2H3. The first kappa shape index (κ1) is 9.57. The minimum Gasteiger partial charge on any atom is -0.399 e. The maximum absolute atomic E-state index is 13.8. The second kappa shape index (κ2) is 3.30. The number of nitrogens with two attached hydrogens (primary N) is 1. The maximum Gasteiger partial charge on any atom is 0.184 e. The molecule has 0 unspecified atom stereocenters. The summed E-state index contributed by atoms with van der Waals surface area (Å²) in [6.07, 6.45) is 0. The molecule has 0 aliphatic carbocycles. The van der Waals surface area contributed by atoms with Gasteiger partial charge in [-0.3, -0.25) is 0 Å². The molecule has 6 heteroatoms. The first-order chi connectivity index (χ1) is 7.09. The molecule has 1 aromatic carbocycles. The summed E-state index contributed by atoms with van der Waals surface area (Å²) in [6, 6.07) is 3.09. The Labute approximate surface area is 85.7 Å². The van der Waals surface area contributed by atoms with Crippen LogP contribution < -0.4 is 5.73 Å². The summed E-state index contributed by atoms with van der Waals surface area (Å²) < 4.78 is 15.2. The molecule has 0 amide bonds. The number of hydrogen-bond acceptors (Lipinski definition) is 4. The zero-order valence-corrected chi connectivity index (χ0v) is 8.40. The zero-order valence-electron chi connectivity index (χ0n) is 8.40. The number of hydrogen-bond donors (Lipinski definition) is 1. The van der Waals surface area contributed by atoms with Gasteiger partial charge in [-0.25, -0.2) is 9.07 Å². The van der Waals surface area contributed by atoms with Gasteiger partial charge in [-0.15, -0.1) is 5.10 Å². The van der Waals surface area contributed by atoms with Crippen LogP contribution >= 0.6 is 0 Å². The lowest BCUT2D eigenvalue weighted by Gasteiger charge is -2.05. The Morgan fingerprint density at radius 3 is 2.73 bits per heavy atom. The van der Waals surface area contributed by atoms with Crippen molar-refractivity contribution in [2.24, 2.45) is 7.05 Å². The van der Waals surface area contributed by atoms with Gasteiger partial charge in [-0.05, 0) is 35.0 Å². The summed E-state index contributed by atoms with van der Waals surface area (Å²) in [5.41, 5.74) is 6.93. The molecule has 5 nitrogen and oxygen atoms in total. The Morgan fingerprint density at radius 1 is 1.40 bits per heavy atom. The van der Waals surface area contributed by atoms with Gasteiger partial charge in [0, 0.05) is 12.7 Å². The highest BCUT2D eigenvalue weighted by molar-refractivity contribution is 5.63. The van der Waals surface area contributed by atoms with Crippen molar-refractivity contribution >= 4 is 5.69 Å². The Kier molecular flexibility index (Phi) is 2.11. The lowest BCUT2D eigenvalue weighted by molar-refractivity contribution is 0.618. The van der Waals surface area contributed by atoms with Crippen molar-refractivity contribution in [2.75, 3.05) is 5.73 Å². The number of anilines is 1. The van der Waals surface area contributed by atoms with Crippen LogP contribution in [-0.4, -0.2) is 20.2 Å². The molecule has 0 fully saturated rings. The molecule has 0 saturated carbocycles. The second-order valence-corrected chi connectivity index (χ2v) is 3.33. The summed E-state index contributed by atoms with van der Waals surface area (Å²) in [4.78, 5) is 0. The van der Waals surface area contributed by atoms with Gasteiger partial charge in [-0.2, -0.15) is 0 Å². The molecule has 0 aliphatic rings. The number of nitrogens with zero attached hydrogens (tertiary/aromatic N) is 4. The molecule has 2 N–H and O–H groups in total. The molecule has 0 radical (unpaired) electrons. The Morgan fingerprint density at radius 2 is 2.13 bits per heavy atom. The number of benzene rings is 1. The number of nitrogen functional groups attached to an aromatic ring is 1. The van der Waals surface area contributed by atoms with E-state index in [4.69, 9.17) is 5.73 Å². The molecule has 2 aromatic rings. The van der Waals surface area contributed by atoms with E-state index >= 15 is 0 Å². The monoisotopic (exact) mass is 207 g/mol. The van der Waals surface area contributed by atoms with Crippen molar-refractivity contribution in [2.45, 2.75) is 6.92 Å². The third-order valence-electron chi connectivity index (χ3n) is 2.14. The number of aryl methyl sites for hydroxylation is 2. The van der Waals surface area contributed by atoms with E-state index < -0.39 is 0 Å². The number of halogens is 1. The highest BCUT2D eigenvalue weighted by Gasteiger charge is 2.13. The van der Waals surface area contributed by atoms with Crippen molar-refractivity contribution in [3.05, 3.63) is 23.5 Å². The molecule has 15 heavy (non-hydrogen) atoms. The van der Waals surface area contributed by atoms with Gasteiger partial charge >= 0.3 is 0 Å². The average molecular weight is 207 g/mol. The normalized spacial score (nSPS) is 10.6. The molecule has 78 valence electrons. The molecule has 1 heterocycles. The van der Waals surface area contributed by atoms with E-state index in [1.165, 1.54) is 10.7 Å². The van der Waals surface area contributed by atoms with Gasteiger partial charge in [0.2, 0.25) is 0 Å². The van der Waals surface area contributed by atoms with Crippen LogP contribution in [0.25, 0.3) is 11.4 Å². The Hall–Kier alpha value is -1.98. The van der Waals surface area contributed by atoms with E-state index in [0.29, 0.717) is 22.6 Å². The number of rotatable bonds is 1. The van der Waals surface area contributed by atoms with Crippen molar-refractivity contribution in [3.8, 4) is 11.4 Å². The molecule has 2 rings (SSSR count). The van der Waals surface area contributed by atoms with Crippen molar-refractivity contribution < 1.29 is 4.39 Å². The quantitative estimate of drug-likeness (QED) is 0.705. The van der Waals surface area contributed by atoms with E-state index in [0.717, 1.165) is 0 Å². The lowest BCUT2D eigenvalue weighted by atomic mass is 10.1. The Balaban J connectivity index is 2.68. The van der Waals surface area contributed by atoms with Crippen LogP contribution in [0.3, 0.4) is 0 Å². The van der Waals surface area contributed by atoms with Crippen LogP contribution in [0.2, 0.25) is 0 Å². The van der Waals surface area contributed by atoms with Gasteiger partial charge in [-0.1, -0.05) is 0 Å². The Bertz CT molecular complexity index is 505. The minimum atomic E-state index is -0.345. The van der Waals surface area contributed by atoms with E-state index in [1.54, 1.807) is 20.0 Å². The van der Waals surface area contributed by atoms with E-state index in [-0.39, 0.29) is 5.82 Å². The van der Waals surface area contributed by atoms with Crippen LogP contribution in [-0.2, 0) is 7.05 Å². The maximum atomic E-state index is 13.8. The second-order valence-electron chi connectivity index (χ2n) is 3.33. The molecule has 1 aromatic heterocycles. The third kappa shape index (κ3) is 1.54. The summed E-state index contributed by atoms with van der Waals surface area (Å²) in [6.45, 7) is 1.65. The highest BCUT2D eigenvalue weighted by atomic mass is 19.1. The molecule has 0 aliphatic heterocycles. The van der Waals surface area contributed by atoms with Gasteiger partial charge < -0.3 is 5.73 Å². The molecule has 0 bridgehead atoms. The predicted octanol–water partition coefficient (Wildman–Crippen LogP) is 0.907. The van der Waals surface area contributed by atoms with Crippen LogP contribution in [0, 0.1) is 12.7 Å². The third-order valence-corrected chi connectivity index (χ3v) is 2.14. The van der Waals surface area contributed by atoms with E-state index in [9.17, 15) is 4.39 Å². The summed E-state index contributed by atoms with van der Waals surface area (Å²) in [5, 5.41) is 10.8. The predicted molar refractivity (Wildman–Crippen MR) is 53.3 cm³/mol. The van der Waals surface area contributed by atoms with Crippen LogP contribution in [0.15, 0.2) is 12.1 Å². The van der Waals surface area contributed by atoms with Crippen molar-refractivity contribution in [1.29, 1.82) is 0 Å². The van der Waals surface area contributed by atoms with Crippen LogP contribution in [0.4, 0.5) is 10.1 Å². The largest absolute Gasteiger partial charge is 0.399 e. The number of aromatic nitrogens is 4. The molecular formula is C9H10FN5. The van der Waals surface area contributed by atoms with E-state index in [1.807, 2.05) is 0 Å². The topological polar surface area (TPSA) is 69.6 Å². The highest BCUT2D eigenvalue weighted by Crippen LogP contribution is 2.24. The van der Waals surface area contributed by atoms with Crippen LogP contribution in [0.1, 0.15) is 5.56 Å². The SMILES string of the molecule is Cc1cc(N)cc(-c2nnnn2C)c1F. The molecule has 0 atom stereocenters. The number of tetrazole rings is 1. The average Bonchev–Trinajstić information content (AvgIpc) is 2.58. The summed E-state index contributed by atoms with van der Waals surface area (Å²) in [7, 11) is 1.65. The first-order valence-electron chi connectivity index (χ1n) is 4.38. The smallest absolute Gasteiger partial charge is 0.184 e. The minimum absolute atomic E-state index is 0.319. The fourth-order valence-corrected chi connectivity index (χ4v) is 1.42. The zero-order chi connectivity index (χ0) is 11.0. The van der Waals surface area contributed by atoms with E-state index in [2.05, 4.69) is 15.5 Å². The molecule has 0 saturated heterocycles. The van der Waals surface area contributed by atoms with Gasteiger partial charge in [0.1, 0.15) is 5.82 Å².